The smallest absolute Gasteiger partial charge is 0.137 e. The zero-order valence-corrected chi connectivity index (χ0v) is 13.8. The predicted molar refractivity (Wildman–Crippen MR) is 94.6 cm³/mol. The topological polar surface area (TPSA) is 54.7 Å². The first-order chi connectivity index (χ1) is 10.2. The predicted octanol–water partition coefficient (Wildman–Crippen LogP) is 4.93. The molecule has 0 saturated heterocycles. The third-order valence-electron chi connectivity index (χ3n) is 3.24. The van der Waals surface area contributed by atoms with Crippen LogP contribution < -0.4 is 5.73 Å². The van der Waals surface area contributed by atoms with E-state index in [0.29, 0.717) is 16.6 Å². The zero-order valence-electron chi connectivity index (χ0n) is 11.5. The minimum Gasteiger partial charge on any atom is -0.338 e. The van der Waals surface area contributed by atoms with Crippen LogP contribution in [-0.4, -0.2) is 9.97 Å². The Morgan fingerprint density at radius 2 is 1.82 bits per heavy atom. The summed E-state index contributed by atoms with van der Waals surface area (Å²) in [5, 5.41) is 1.04. The van der Waals surface area contributed by atoms with Crippen LogP contribution in [0.25, 0.3) is 22.6 Å². The van der Waals surface area contributed by atoms with Crippen molar-refractivity contribution in [2.24, 2.45) is 5.73 Å². The first kappa shape index (κ1) is 16.8. The summed E-state index contributed by atoms with van der Waals surface area (Å²) in [6.45, 7) is 0.516. The monoisotopic (exact) mass is 353 g/mol. The van der Waals surface area contributed by atoms with Gasteiger partial charge in [-0.1, -0.05) is 41.4 Å². The van der Waals surface area contributed by atoms with Crippen LogP contribution in [0.5, 0.6) is 0 Å². The summed E-state index contributed by atoms with van der Waals surface area (Å²) in [6, 6.07) is 13.5. The van der Waals surface area contributed by atoms with Gasteiger partial charge in [0.15, 0.2) is 0 Å². The Bertz CT molecular complexity index is 784. The van der Waals surface area contributed by atoms with Gasteiger partial charge in [0, 0.05) is 12.1 Å². The van der Waals surface area contributed by atoms with Crippen molar-refractivity contribution in [2.45, 2.75) is 6.54 Å². The van der Waals surface area contributed by atoms with Gasteiger partial charge in [0.2, 0.25) is 0 Å². The van der Waals surface area contributed by atoms with Crippen molar-refractivity contribution in [3.05, 3.63) is 64.3 Å². The molecule has 3 N–H and O–H groups in total. The second-order valence-corrected chi connectivity index (χ2v) is 5.49. The molecule has 0 aliphatic heterocycles. The lowest BCUT2D eigenvalue weighted by Crippen LogP contribution is -1.95. The van der Waals surface area contributed by atoms with E-state index in [1.807, 2.05) is 30.3 Å². The molecular formula is C16H14Cl3N3. The molecule has 0 unspecified atom stereocenters. The summed E-state index contributed by atoms with van der Waals surface area (Å²) in [7, 11) is 0. The number of benzene rings is 2. The Morgan fingerprint density at radius 3 is 2.55 bits per heavy atom. The fourth-order valence-electron chi connectivity index (χ4n) is 2.12. The largest absolute Gasteiger partial charge is 0.338 e. The van der Waals surface area contributed by atoms with Gasteiger partial charge in [-0.05, 0) is 35.4 Å². The second kappa shape index (κ2) is 7.16. The Kier molecular flexibility index (Phi) is 5.48. The highest BCUT2D eigenvalue weighted by atomic mass is 35.5. The highest BCUT2D eigenvalue weighted by molar-refractivity contribution is 6.42. The molecule has 3 nitrogen and oxygen atoms in total. The van der Waals surface area contributed by atoms with Gasteiger partial charge in [-0.25, -0.2) is 4.98 Å². The molecule has 1 aromatic heterocycles. The van der Waals surface area contributed by atoms with E-state index in [0.717, 1.165) is 28.2 Å². The van der Waals surface area contributed by atoms with Gasteiger partial charge in [-0.2, -0.15) is 0 Å². The normalized spacial score (nSPS) is 10.3. The van der Waals surface area contributed by atoms with Crippen LogP contribution >= 0.6 is 35.6 Å². The summed E-state index contributed by atoms with van der Waals surface area (Å²) in [6.07, 6.45) is 1.80. The molecule has 3 rings (SSSR count). The minimum atomic E-state index is 0. The summed E-state index contributed by atoms with van der Waals surface area (Å²) >= 11 is 12.0. The van der Waals surface area contributed by atoms with Gasteiger partial charge in [0.05, 0.1) is 21.9 Å². The summed E-state index contributed by atoms with van der Waals surface area (Å²) in [4.78, 5) is 7.69. The van der Waals surface area contributed by atoms with E-state index in [-0.39, 0.29) is 12.4 Å². The molecule has 0 spiro atoms. The van der Waals surface area contributed by atoms with Crippen molar-refractivity contribution in [1.82, 2.24) is 9.97 Å². The van der Waals surface area contributed by atoms with Crippen molar-refractivity contribution in [1.29, 1.82) is 0 Å². The molecule has 0 fully saturated rings. The van der Waals surface area contributed by atoms with Crippen LogP contribution in [0.4, 0.5) is 0 Å². The van der Waals surface area contributed by atoms with Gasteiger partial charge in [0.1, 0.15) is 5.82 Å². The highest BCUT2D eigenvalue weighted by Crippen LogP contribution is 2.28. The highest BCUT2D eigenvalue weighted by Gasteiger charge is 2.07. The molecule has 0 bridgehead atoms. The van der Waals surface area contributed by atoms with Crippen molar-refractivity contribution < 1.29 is 0 Å². The Balaban J connectivity index is 0.00000176. The van der Waals surface area contributed by atoms with Gasteiger partial charge in [-0.3, -0.25) is 0 Å². The maximum absolute atomic E-state index is 6.04. The number of aromatic amines is 1. The van der Waals surface area contributed by atoms with Crippen LogP contribution in [0.15, 0.2) is 48.7 Å². The molecule has 0 amide bonds. The lowest BCUT2D eigenvalue weighted by atomic mass is 10.1. The van der Waals surface area contributed by atoms with Crippen molar-refractivity contribution in [3.8, 4) is 22.6 Å². The maximum atomic E-state index is 6.04. The summed E-state index contributed by atoms with van der Waals surface area (Å²) in [5.74, 6) is 0.752. The number of aromatic nitrogens is 2. The number of H-pyrrole nitrogens is 1. The van der Waals surface area contributed by atoms with Crippen molar-refractivity contribution in [3.63, 3.8) is 0 Å². The number of nitrogens with two attached hydrogens (primary N) is 1. The summed E-state index contributed by atoms with van der Waals surface area (Å²) in [5.41, 5.74) is 9.64. The van der Waals surface area contributed by atoms with Gasteiger partial charge < -0.3 is 10.7 Å². The summed E-state index contributed by atoms with van der Waals surface area (Å²) < 4.78 is 0. The van der Waals surface area contributed by atoms with E-state index >= 15 is 0 Å². The molecule has 0 aliphatic carbocycles. The van der Waals surface area contributed by atoms with E-state index in [4.69, 9.17) is 28.9 Å². The fourth-order valence-corrected chi connectivity index (χ4v) is 2.42. The SMILES string of the molecule is Cl.NCc1cccc(-c2cnc(-c3ccc(Cl)c(Cl)c3)[nH]2)c1. The van der Waals surface area contributed by atoms with Gasteiger partial charge in [0.25, 0.3) is 0 Å². The Hall–Kier alpha value is -1.52. The molecule has 6 heteroatoms. The molecule has 0 saturated carbocycles. The molecule has 22 heavy (non-hydrogen) atoms. The number of halogens is 3. The van der Waals surface area contributed by atoms with Crippen molar-refractivity contribution >= 4 is 35.6 Å². The molecule has 1 heterocycles. The minimum absolute atomic E-state index is 0. The lowest BCUT2D eigenvalue weighted by Gasteiger charge is -2.02. The molecule has 0 atom stereocenters. The number of hydrogen-bond acceptors (Lipinski definition) is 2. The lowest BCUT2D eigenvalue weighted by molar-refractivity contribution is 1.07. The third kappa shape index (κ3) is 3.45. The number of imidazole rings is 1. The standard InChI is InChI=1S/C16H13Cl2N3.ClH/c17-13-5-4-12(7-14(13)18)16-20-9-15(21-16)11-3-1-2-10(6-11)8-19;/h1-7,9H,8,19H2,(H,20,21);1H. The van der Waals surface area contributed by atoms with E-state index in [1.54, 1.807) is 18.3 Å². The molecule has 3 aromatic rings. The maximum Gasteiger partial charge on any atom is 0.137 e. The molecule has 0 aliphatic rings. The average Bonchev–Trinajstić information content (AvgIpc) is 3.00. The molecule has 0 radical (unpaired) electrons. The van der Waals surface area contributed by atoms with Crippen LogP contribution in [0.2, 0.25) is 10.0 Å². The molecular weight excluding hydrogens is 341 g/mol. The Morgan fingerprint density at radius 1 is 1.00 bits per heavy atom. The van der Waals surface area contributed by atoms with Gasteiger partial charge >= 0.3 is 0 Å². The Labute approximate surface area is 144 Å². The third-order valence-corrected chi connectivity index (χ3v) is 3.98. The number of nitrogens with one attached hydrogen (secondary N) is 1. The molecule has 2 aromatic carbocycles. The first-order valence-electron chi connectivity index (χ1n) is 6.47. The van der Waals surface area contributed by atoms with Crippen molar-refractivity contribution in [2.75, 3.05) is 0 Å². The number of rotatable bonds is 3. The van der Waals surface area contributed by atoms with E-state index in [1.165, 1.54) is 0 Å². The van der Waals surface area contributed by atoms with Gasteiger partial charge in [-0.15, -0.1) is 12.4 Å². The number of nitrogens with zero attached hydrogens (tertiary/aromatic N) is 1. The molecule has 114 valence electrons. The van der Waals surface area contributed by atoms with E-state index in [2.05, 4.69) is 9.97 Å². The fraction of sp³-hybridized carbons (Fsp3) is 0.0625. The number of hydrogen-bond donors (Lipinski definition) is 2. The first-order valence-corrected chi connectivity index (χ1v) is 7.23. The average molecular weight is 355 g/mol. The quantitative estimate of drug-likeness (QED) is 0.700. The van der Waals surface area contributed by atoms with E-state index in [9.17, 15) is 0 Å². The second-order valence-electron chi connectivity index (χ2n) is 4.68. The van der Waals surface area contributed by atoms with Crippen LogP contribution in [-0.2, 0) is 6.54 Å². The van der Waals surface area contributed by atoms with Crippen LogP contribution in [0.1, 0.15) is 5.56 Å². The zero-order chi connectivity index (χ0) is 14.8. The van der Waals surface area contributed by atoms with Crippen LogP contribution in [0.3, 0.4) is 0 Å². The van der Waals surface area contributed by atoms with Crippen LogP contribution in [0, 0.1) is 0 Å². The van der Waals surface area contributed by atoms with E-state index < -0.39 is 0 Å².